The van der Waals surface area contributed by atoms with Gasteiger partial charge in [0.15, 0.2) is 0 Å². The molecule has 1 unspecified atom stereocenters. The number of nitrogens with zero attached hydrogens (tertiary/aromatic N) is 4. The Kier molecular flexibility index (Phi) is 4.57. The highest BCUT2D eigenvalue weighted by Crippen LogP contribution is 2.20. The van der Waals surface area contributed by atoms with Gasteiger partial charge in [-0.2, -0.15) is 5.10 Å². The number of rotatable bonds is 4. The van der Waals surface area contributed by atoms with Crippen molar-refractivity contribution >= 4 is 11.6 Å². The van der Waals surface area contributed by atoms with E-state index in [0.717, 1.165) is 24.4 Å². The fraction of sp³-hybridized carbons (Fsp3) is 0.438. The van der Waals surface area contributed by atoms with E-state index in [1.54, 1.807) is 9.58 Å². The van der Waals surface area contributed by atoms with E-state index in [1.165, 1.54) is 6.33 Å². The van der Waals surface area contributed by atoms with Crippen LogP contribution in [-0.2, 0) is 13.6 Å². The minimum Gasteiger partial charge on any atom is -0.391 e. The number of carbonyl (C=O) groups excluding carboxylic acids is 1. The highest BCUT2D eigenvalue weighted by atomic mass is 16.3. The minimum absolute atomic E-state index is 0.0511. The number of carbonyl (C=O) groups is 1. The number of piperidine rings is 1. The average molecular weight is 315 g/mol. The Balaban J connectivity index is 1.74. The second-order valence-corrected chi connectivity index (χ2v) is 5.75. The number of nitrogens with one attached hydrogen (secondary N) is 1. The number of β-amino-alcohol motifs (C(OH)–C–C–N with tert-alkyl or cyclic N) is 1. The van der Waals surface area contributed by atoms with Crippen LogP contribution in [0.2, 0.25) is 0 Å². The molecule has 1 aromatic heterocycles. The lowest BCUT2D eigenvalue weighted by Crippen LogP contribution is -2.42. The van der Waals surface area contributed by atoms with Crippen molar-refractivity contribution in [1.29, 1.82) is 0 Å². The second kappa shape index (κ2) is 6.78. The molecule has 0 radical (unpaired) electrons. The smallest absolute Gasteiger partial charge is 0.256 e. The van der Waals surface area contributed by atoms with E-state index in [0.29, 0.717) is 25.2 Å². The summed E-state index contributed by atoms with van der Waals surface area (Å²) in [7, 11) is 1.83. The maximum Gasteiger partial charge on any atom is 0.256 e. The van der Waals surface area contributed by atoms with E-state index < -0.39 is 6.10 Å². The fourth-order valence-electron chi connectivity index (χ4n) is 2.79. The number of likely N-dealkylation sites (tertiary alicyclic amines) is 1. The van der Waals surface area contributed by atoms with Crippen molar-refractivity contribution in [3.05, 3.63) is 42.0 Å². The van der Waals surface area contributed by atoms with Gasteiger partial charge in [0.05, 0.1) is 18.2 Å². The third-order valence-electron chi connectivity index (χ3n) is 4.08. The summed E-state index contributed by atoms with van der Waals surface area (Å²) >= 11 is 0. The normalized spacial score (nSPS) is 18.0. The number of aryl methyl sites for hydroxylation is 1. The van der Waals surface area contributed by atoms with Crippen molar-refractivity contribution in [2.45, 2.75) is 25.5 Å². The van der Waals surface area contributed by atoms with Gasteiger partial charge in [0.25, 0.3) is 5.91 Å². The molecule has 1 atom stereocenters. The molecule has 7 heteroatoms. The first-order valence-corrected chi connectivity index (χ1v) is 7.78. The Hall–Kier alpha value is -2.41. The highest BCUT2D eigenvalue weighted by molar-refractivity contribution is 5.99. The fourth-order valence-corrected chi connectivity index (χ4v) is 2.79. The van der Waals surface area contributed by atoms with Crippen LogP contribution in [0.1, 0.15) is 29.0 Å². The number of hydrogen-bond acceptors (Lipinski definition) is 5. The maximum atomic E-state index is 12.7. The van der Waals surface area contributed by atoms with E-state index in [9.17, 15) is 9.90 Å². The molecule has 122 valence electrons. The summed E-state index contributed by atoms with van der Waals surface area (Å²) in [6.07, 6.45) is 2.67. The molecule has 2 aromatic rings. The number of aliphatic hydroxyl groups is 1. The van der Waals surface area contributed by atoms with Crippen molar-refractivity contribution in [2.24, 2.45) is 7.05 Å². The summed E-state index contributed by atoms with van der Waals surface area (Å²) in [5.41, 5.74) is 1.38. The molecular formula is C16H21N5O2. The zero-order chi connectivity index (χ0) is 16.2. The van der Waals surface area contributed by atoms with Gasteiger partial charge in [-0.25, -0.2) is 4.98 Å². The van der Waals surface area contributed by atoms with Crippen molar-refractivity contribution in [2.75, 3.05) is 18.4 Å². The molecule has 1 fully saturated rings. The Morgan fingerprint density at radius 2 is 2.26 bits per heavy atom. The van der Waals surface area contributed by atoms with Gasteiger partial charge in [0.2, 0.25) is 0 Å². The molecular weight excluding hydrogens is 294 g/mol. The predicted octanol–water partition coefficient (Wildman–Crippen LogP) is 1.02. The first kappa shape index (κ1) is 15.5. The third kappa shape index (κ3) is 3.50. The molecule has 2 heterocycles. The number of para-hydroxylation sites is 1. The molecule has 23 heavy (non-hydrogen) atoms. The molecule has 3 rings (SSSR count). The molecule has 7 nitrogen and oxygen atoms in total. The standard InChI is InChI=1S/C16H21N5O2/c1-20-15(18-11-19-20)9-17-14-7-3-2-6-13(14)16(23)21-8-4-5-12(22)10-21/h2-3,6-7,11-12,17,22H,4-5,8-10H2,1H3. The molecule has 1 aromatic carbocycles. The summed E-state index contributed by atoms with van der Waals surface area (Å²) in [6, 6.07) is 7.42. The first-order chi connectivity index (χ1) is 11.1. The zero-order valence-corrected chi connectivity index (χ0v) is 13.1. The number of amides is 1. The second-order valence-electron chi connectivity index (χ2n) is 5.75. The van der Waals surface area contributed by atoms with Gasteiger partial charge in [-0.1, -0.05) is 12.1 Å². The molecule has 0 spiro atoms. The van der Waals surface area contributed by atoms with Crippen LogP contribution >= 0.6 is 0 Å². The van der Waals surface area contributed by atoms with Gasteiger partial charge in [-0.3, -0.25) is 9.48 Å². The maximum absolute atomic E-state index is 12.7. The average Bonchev–Trinajstić information content (AvgIpc) is 2.97. The van der Waals surface area contributed by atoms with Crippen molar-refractivity contribution in [3.8, 4) is 0 Å². The summed E-state index contributed by atoms with van der Waals surface area (Å²) in [5, 5.41) is 17.1. The molecule has 0 saturated carbocycles. The molecule has 0 bridgehead atoms. The lowest BCUT2D eigenvalue weighted by atomic mass is 10.1. The van der Waals surface area contributed by atoms with Crippen LogP contribution in [0.25, 0.3) is 0 Å². The molecule has 0 aliphatic carbocycles. The van der Waals surface area contributed by atoms with Crippen LogP contribution in [0.5, 0.6) is 0 Å². The van der Waals surface area contributed by atoms with Crippen LogP contribution in [0.15, 0.2) is 30.6 Å². The highest BCUT2D eigenvalue weighted by Gasteiger charge is 2.24. The van der Waals surface area contributed by atoms with Crippen LogP contribution < -0.4 is 5.32 Å². The lowest BCUT2D eigenvalue weighted by Gasteiger charge is -2.30. The minimum atomic E-state index is -0.425. The monoisotopic (exact) mass is 315 g/mol. The number of benzene rings is 1. The van der Waals surface area contributed by atoms with Crippen LogP contribution in [0, 0.1) is 0 Å². The van der Waals surface area contributed by atoms with Gasteiger partial charge in [0, 0.05) is 25.8 Å². The summed E-state index contributed by atoms with van der Waals surface area (Å²) < 4.78 is 1.69. The molecule has 1 amide bonds. The summed E-state index contributed by atoms with van der Waals surface area (Å²) in [6.45, 7) is 1.58. The topological polar surface area (TPSA) is 83.3 Å². The Labute approximate surface area is 134 Å². The van der Waals surface area contributed by atoms with E-state index >= 15 is 0 Å². The van der Waals surface area contributed by atoms with Gasteiger partial charge < -0.3 is 15.3 Å². The Morgan fingerprint density at radius 3 is 3.00 bits per heavy atom. The van der Waals surface area contributed by atoms with E-state index in [-0.39, 0.29) is 5.91 Å². The predicted molar refractivity (Wildman–Crippen MR) is 85.9 cm³/mol. The number of anilines is 1. The number of aromatic nitrogens is 3. The van der Waals surface area contributed by atoms with Crippen molar-refractivity contribution in [1.82, 2.24) is 19.7 Å². The third-order valence-corrected chi connectivity index (χ3v) is 4.08. The first-order valence-electron chi connectivity index (χ1n) is 7.78. The van der Waals surface area contributed by atoms with Gasteiger partial charge in [-0.15, -0.1) is 0 Å². The van der Waals surface area contributed by atoms with Crippen molar-refractivity contribution in [3.63, 3.8) is 0 Å². The zero-order valence-electron chi connectivity index (χ0n) is 13.1. The SMILES string of the molecule is Cn1ncnc1CNc1ccccc1C(=O)N1CCCC(O)C1. The largest absolute Gasteiger partial charge is 0.391 e. The van der Waals surface area contributed by atoms with Crippen LogP contribution in [-0.4, -0.2) is 49.9 Å². The van der Waals surface area contributed by atoms with Crippen molar-refractivity contribution < 1.29 is 9.90 Å². The Morgan fingerprint density at radius 1 is 1.43 bits per heavy atom. The number of hydrogen-bond donors (Lipinski definition) is 2. The van der Waals surface area contributed by atoms with Gasteiger partial charge in [-0.05, 0) is 25.0 Å². The van der Waals surface area contributed by atoms with Crippen LogP contribution in [0.3, 0.4) is 0 Å². The number of aliphatic hydroxyl groups excluding tert-OH is 1. The van der Waals surface area contributed by atoms with E-state index in [2.05, 4.69) is 15.4 Å². The lowest BCUT2D eigenvalue weighted by molar-refractivity contribution is 0.0474. The Bertz CT molecular complexity index is 685. The van der Waals surface area contributed by atoms with Crippen LogP contribution in [0.4, 0.5) is 5.69 Å². The molecule has 1 saturated heterocycles. The van der Waals surface area contributed by atoms with E-state index in [4.69, 9.17) is 0 Å². The summed E-state index contributed by atoms with van der Waals surface area (Å²) in [5.74, 6) is 0.741. The molecule has 1 aliphatic rings. The molecule has 1 aliphatic heterocycles. The molecule has 2 N–H and O–H groups in total. The van der Waals surface area contributed by atoms with E-state index in [1.807, 2.05) is 31.3 Å². The summed E-state index contributed by atoms with van der Waals surface area (Å²) in [4.78, 5) is 18.6. The quantitative estimate of drug-likeness (QED) is 0.880. The van der Waals surface area contributed by atoms with Gasteiger partial charge >= 0.3 is 0 Å². The van der Waals surface area contributed by atoms with Gasteiger partial charge in [0.1, 0.15) is 12.2 Å².